The van der Waals surface area contributed by atoms with Crippen molar-refractivity contribution in [2.75, 3.05) is 37.5 Å². The number of ether oxygens (including phenoxy) is 2. The number of aromatic nitrogens is 4. The summed E-state index contributed by atoms with van der Waals surface area (Å²) in [5.41, 5.74) is 3.32. The van der Waals surface area contributed by atoms with E-state index in [-0.39, 0.29) is 11.9 Å². The van der Waals surface area contributed by atoms with E-state index < -0.39 is 0 Å². The summed E-state index contributed by atoms with van der Waals surface area (Å²) < 4.78 is 12.5. The van der Waals surface area contributed by atoms with Gasteiger partial charge in [0.15, 0.2) is 0 Å². The predicted molar refractivity (Wildman–Crippen MR) is 136 cm³/mol. The van der Waals surface area contributed by atoms with Crippen molar-refractivity contribution in [2.45, 2.75) is 25.9 Å². The number of amides is 1. The van der Waals surface area contributed by atoms with Gasteiger partial charge in [0.25, 0.3) is 5.91 Å². The molecule has 5 rings (SSSR count). The molecule has 182 valence electrons. The van der Waals surface area contributed by atoms with Crippen molar-refractivity contribution in [1.29, 1.82) is 0 Å². The van der Waals surface area contributed by atoms with Crippen LogP contribution in [0.25, 0.3) is 21.8 Å². The summed E-state index contributed by atoms with van der Waals surface area (Å²) in [6, 6.07) is 8.33. The number of benzene rings is 2. The third kappa shape index (κ3) is 4.32. The number of fused-ring (bicyclic) bond motifs is 2. The Morgan fingerprint density at radius 3 is 2.60 bits per heavy atom. The van der Waals surface area contributed by atoms with Crippen LogP contribution in [0.15, 0.2) is 36.7 Å². The summed E-state index contributed by atoms with van der Waals surface area (Å²) in [5, 5.41) is 12.6. The molecule has 2 N–H and O–H groups in total. The van der Waals surface area contributed by atoms with Crippen LogP contribution < -0.4 is 25.0 Å². The highest BCUT2D eigenvalue weighted by atomic mass is 16.5. The number of methoxy groups -OCH3 is 2. The molecule has 3 heterocycles. The first kappa shape index (κ1) is 22.9. The van der Waals surface area contributed by atoms with Gasteiger partial charge in [-0.25, -0.2) is 4.98 Å². The van der Waals surface area contributed by atoms with E-state index >= 15 is 0 Å². The SMILES string of the molecule is COc1ncc2c(N3CC(C)NC(C)C3)ccc(C(=O)Nc3cc(OC)c4nn(C)cc4c3)c2n1. The van der Waals surface area contributed by atoms with Crippen molar-refractivity contribution in [2.24, 2.45) is 7.05 Å². The average molecular weight is 476 g/mol. The molecule has 4 aromatic rings. The molecule has 1 aliphatic heterocycles. The number of aryl methyl sites for hydroxylation is 1. The Labute approximate surface area is 203 Å². The lowest BCUT2D eigenvalue weighted by Crippen LogP contribution is -2.54. The quantitative estimate of drug-likeness (QED) is 0.454. The number of carbonyl (C=O) groups excluding carboxylic acids is 1. The minimum Gasteiger partial charge on any atom is -0.494 e. The summed E-state index contributed by atoms with van der Waals surface area (Å²) in [5.74, 6) is 0.305. The van der Waals surface area contributed by atoms with Gasteiger partial charge in [0, 0.05) is 72.8 Å². The molecule has 1 aliphatic rings. The molecule has 1 fully saturated rings. The first-order valence-corrected chi connectivity index (χ1v) is 11.5. The number of carbonyl (C=O) groups is 1. The first-order valence-electron chi connectivity index (χ1n) is 11.5. The summed E-state index contributed by atoms with van der Waals surface area (Å²) in [6.07, 6.45) is 3.61. The lowest BCUT2D eigenvalue weighted by molar-refractivity contribution is 0.102. The van der Waals surface area contributed by atoms with E-state index in [1.54, 1.807) is 24.1 Å². The third-order valence-corrected chi connectivity index (χ3v) is 6.20. The molecule has 2 aromatic carbocycles. The van der Waals surface area contributed by atoms with Crippen molar-refractivity contribution in [3.63, 3.8) is 0 Å². The number of hydrogen-bond acceptors (Lipinski definition) is 8. The van der Waals surface area contributed by atoms with Gasteiger partial charge >= 0.3 is 6.01 Å². The lowest BCUT2D eigenvalue weighted by atomic mass is 10.0. The predicted octanol–water partition coefficient (Wildman–Crippen LogP) is 2.97. The van der Waals surface area contributed by atoms with Crippen LogP contribution in [0.2, 0.25) is 0 Å². The zero-order chi connectivity index (χ0) is 24.7. The Balaban J connectivity index is 1.55. The molecule has 35 heavy (non-hydrogen) atoms. The number of rotatable bonds is 5. The number of nitrogens with zero attached hydrogens (tertiary/aromatic N) is 5. The van der Waals surface area contributed by atoms with Crippen LogP contribution in [-0.2, 0) is 7.05 Å². The van der Waals surface area contributed by atoms with Crippen molar-refractivity contribution in [3.8, 4) is 11.8 Å². The zero-order valence-electron chi connectivity index (χ0n) is 20.5. The van der Waals surface area contributed by atoms with Gasteiger partial charge in [-0.05, 0) is 32.0 Å². The second kappa shape index (κ2) is 9.03. The van der Waals surface area contributed by atoms with Crippen molar-refractivity contribution >= 4 is 39.1 Å². The maximum atomic E-state index is 13.5. The highest BCUT2D eigenvalue weighted by molar-refractivity contribution is 6.14. The van der Waals surface area contributed by atoms with E-state index in [0.717, 1.165) is 35.1 Å². The van der Waals surface area contributed by atoms with E-state index in [1.165, 1.54) is 7.11 Å². The molecule has 0 saturated carbocycles. The molecular formula is C25H29N7O3. The van der Waals surface area contributed by atoms with E-state index in [1.807, 2.05) is 31.4 Å². The van der Waals surface area contributed by atoms with Gasteiger partial charge in [0.2, 0.25) is 0 Å². The highest BCUT2D eigenvalue weighted by Crippen LogP contribution is 2.32. The average Bonchev–Trinajstić information content (AvgIpc) is 3.21. The zero-order valence-corrected chi connectivity index (χ0v) is 20.5. The van der Waals surface area contributed by atoms with Gasteiger partial charge in [-0.3, -0.25) is 9.48 Å². The molecule has 0 bridgehead atoms. The molecule has 0 radical (unpaired) electrons. The summed E-state index contributed by atoms with van der Waals surface area (Å²) in [6.45, 7) is 6.03. The maximum Gasteiger partial charge on any atom is 0.316 e. The van der Waals surface area contributed by atoms with Crippen LogP contribution in [0.3, 0.4) is 0 Å². The largest absolute Gasteiger partial charge is 0.494 e. The van der Waals surface area contributed by atoms with Gasteiger partial charge in [-0.15, -0.1) is 0 Å². The number of piperazine rings is 1. The summed E-state index contributed by atoms with van der Waals surface area (Å²) >= 11 is 0. The smallest absolute Gasteiger partial charge is 0.316 e. The van der Waals surface area contributed by atoms with Crippen molar-refractivity contribution < 1.29 is 14.3 Å². The highest BCUT2D eigenvalue weighted by Gasteiger charge is 2.25. The standard InChI is InChI=1S/C25H29N7O3/c1-14-11-32(12-15(2)27-14)20-7-6-18(23-19(20)10-26-25(29-23)35-5)24(33)28-17-8-16-13-31(3)30-22(16)21(9-17)34-4/h6-10,13-15,27H,11-12H2,1-5H3,(H,28,33). The molecule has 1 saturated heterocycles. The molecule has 2 unspecified atom stereocenters. The van der Waals surface area contributed by atoms with Gasteiger partial charge in [0.1, 0.15) is 11.3 Å². The Bertz CT molecular complexity index is 1410. The summed E-state index contributed by atoms with van der Waals surface area (Å²) in [4.78, 5) is 24.7. The molecule has 0 spiro atoms. The molecule has 2 aromatic heterocycles. The van der Waals surface area contributed by atoms with Gasteiger partial charge in [0.05, 0.1) is 25.3 Å². The second-order valence-electron chi connectivity index (χ2n) is 9.00. The fourth-order valence-corrected chi connectivity index (χ4v) is 4.82. The molecule has 10 heteroatoms. The number of anilines is 2. The van der Waals surface area contributed by atoms with Crippen LogP contribution in [0, 0.1) is 0 Å². The van der Waals surface area contributed by atoms with Crippen LogP contribution in [0.5, 0.6) is 11.8 Å². The first-order chi connectivity index (χ1) is 16.9. The third-order valence-electron chi connectivity index (χ3n) is 6.20. The Kier molecular flexibility index (Phi) is 5.89. The number of hydrogen-bond donors (Lipinski definition) is 2. The normalized spacial score (nSPS) is 18.1. The Morgan fingerprint density at radius 2 is 1.89 bits per heavy atom. The Hall–Kier alpha value is -3.92. The fraction of sp³-hybridized carbons (Fsp3) is 0.360. The van der Waals surface area contributed by atoms with Crippen molar-refractivity contribution in [3.05, 3.63) is 42.2 Å². The molecule has 1 amide bonds. The fourth-order valence-electron chi connectivity index (χ4n) is 4.82. The number of nitrogens with one attached hydrogen (secondary N) is 2. The molecule has 0 aliphatic carbocycles. The minimum absolute atomic E-state index is 0.212. The van der Waals surface area contributed by atoms with Crippen LogP contribution in [-0.4, -0.2) is 65.0 Å². The van der Waals surface area contributed by atoms with Gasteiger partial charge in [-0.2, -0.15) is 10.1 Å². The topological polar surface area (TPSA) is 106 Å². The van der Waals surface area contributed by atoms with Crippen molar-refractivity contribution in [1.82, 2.24) is 25.1 Å². The van der Waals surface area contributed by atoms with E-state index in [9.17, 15) is 4.79 Å². The molecular weight excluding hydrogens is 446 g/mol. The van der Waals surface area contributed by atoms with E-state index in [0.29, 0.717) is 34.6 Å². The molecule has 10 nitrogen and oxygen atoms in total. The monoisotopic (exact) mass is 475 g/mol. The van der Waals surface area contributed by atoms with Gasteiger partial charge < -0.3 is 25.0 Å². The van der Waals surface area contributed by atoms with E-state index in [2.05, 4.69) is 44.4 Å². The Morgan fingerprint density at radius 1 is 1.11 bits per heavy atom. The van der Waals surface area contributed by atoms with Crippen LogP contribution in [0.4, 0.5) is 11.4 Å². The summed E-state index contributed by atoms with van der Waals surface area (Å²) in [7, 11) is 4.94. The second-order valence-corrected chi connectivity index (χ2v) is 9.00. The maximum absolute atomic E-state index is 13.5. The molecule has 2 atom stereocenters. The van der Waals surface area contributed by atoms with Gasteiger partial charge in [-0.1, -0.05) is 0 Å². The van der Waals surface area contributed by atoms with Crippen LogP contribution in [0.1, 0.15) is 24.2 Å². The lowest BCUT2D eigenvalue weighted by Gasteiger charge is -2.38. The van der Waals surface area contributed by atoms with E-state index in [4.69, 9.17) is 9.47 Å². The minimum atomic E-state index is -0.283. The van der Waals surface area contributed by atoms with Crippen LogP contribution >= 0.6 is 0 Å².